The number of halogens is 1. The summed E-state index contributed by atoms with van der Waals surface area (Å²) in [6, 6.07) is 4.33. The average Bonchev–Trinajstić information content (AvgIpc) is 3.06. The molecule has 0 radical (unpaired) electrons. The van der Waals surface area contributed by atoms with Crippen molar-refractivity contribution in [1.29, 1.82) is 0 Å². The largest absolute Gasteiger partial charge is 0.300 e. The SMILES string of the molecule is CCc1nn(CC)c(CN(C)CCc2cccs2)c1Br. The first-order chi connectivity index (χ1) is 9.65. The molecule has 0 aromatic carbocycles. The van der Waals surface area contributed by atoms with Gasteiger partial charge in [-0.2, -0.15) is 5.10 Å². The van der Waals surface area contributed by atoms with E-state index in [1.165, 1.54) is 15.0 Å². The van der Waals surface area contributed by atoms with E-state index in [1.54, 1.807) is 0 Å². The molecule has 2 aromatic heterocycles. The zero-order valence-corrected chi connectivity index (χ0v) is 14.8. The van der Waals surface area contributed by atoms with Gasteiger partial charge in [0.1, 0.15) is 0 Å². The van der Waals surface area contributed by atoms with E-state index in [-0.39, 0.29) is 0 Å². The highest BCUT2D eigenvalue weighted by atomic mass is 79.9. The number of likely N-dealkylation sites (N-methyl/N-ethyl adjacent to an activating group) is 1. The topological polar surface area (TPSA) is 21.1 Å². The number of nitrogens with zero attached hydrogens (tertiary/aromatic N) is 3. The maximum Gasteiger partial charge on any atom is 0.0767 e. The summed E-state index contributed by atoms with van der Waals surface area (Å²) in [5.74, 6) is 0. The Kier molecular flexibility index (Phi) is 5.81. The van der Waals surface area contributed by atoms with Crippen molar-refractivity contribution in [2.24, 2.45) is 0 Å². The molecule has 0 N–H and O–H groups in total. The predicted octanol–water partition coefficient (Wildman–Crippen LogP) is 3.96. The Hall–Kier alpha value is -0.650. The Morgan fingerprint density at radius 3 is 2.80 bits per heavy atom. The molecule has 20 heavy (non-hydrogen) atoms. The molecule has 0 amide bonds. The minimum atomic E-state index is 0.923. The highest BCUT2D eigenvalue weighted by Gasteiger charge is 2.15. The lowest BCUT2D eigenvalue weighted by Crippen LogP contribution is -2.22. The smallest absolute Gasteiger partial charge is 0.0767 e. The van der Waals surface area contributed by atoms with Crippen molar-refractivity contribution in [3.8, 4) is 0 Å². The van der Waals surface area contributed by atoms with E-state index in [9.17, 15) is 0 Å². The molecule has 2 rings (SSSR count). The van der Waals surface area contributed by atoms with Gasteiger partial charge >= 0.3 is 0 Å². The summed E-state index contributed by atoms with van der Waals surface area (Å²) in [5, 5.41) is 6.80. The lowest BCUT2D eigenvalue weighted by molar-refractivity contribution is 0.319. The number of rotatable bonds is 7. The quantitative estimate of drug-likeness (QED) is 0.749. The highest BCUT2D eigenvalue weighted by Crippen LogP contribution is 2.23. The van der Waals surface area contributed by atoms with Crippen molar-refractivity contribution in [3.05, 3.63) is 38.3 Å². The molecule has 0 unspecified atom stereocenters. The standard InChI is InChI=1S/C15H22BrN3S/c1-4-13-15(16)14(19(5-2)17-13)11-18(3)9-8-12-7-6-10-20-12/h6-7,10H,4-5,8-9,11H2,1-3H3. The minimum Gasteiger partial charge on any atom is -0.300 e. The molecule has 110 valence electrons. The maximum atomic E-state index is 4.65. The van der Waals surface area contributed by atoms with Crippen LogP contribution in [0, 0.1) is 0 Å². The second kappa shape index (κ2) is 7.38. The Balaban J connectivity index is 1.99. The molecular formula is C15H22BrN3S. The number of hydrogen-bond acceptors (Lipinski definition) is 3. The molecule has 0 bridgehead atoms. The Morgan fingerprint density at radius 2 is 2.20 bits per heavy atom. The van der Waals surface area contributed by atoms with Crippen LogP contribution in [0.1, 0.15) is 30.1 Å². The summed E-state index contributed by atoms with van der Waals surface area (Å²) in [4.78, 5) is 3.82. The normalized spacial score (nSPS) is 11.4. The van der Waals surface area contributed by atoms with Gasteiger partial charge in [-0.1, -0.05) is 13.0 Å². The third-order valence-corrected chi connectivity index (χ3v) is 5.29. The van der Waals surface area contributed by atoms with Crippen molar-refractivity contribution in [1.82, 2.24) is 14.7 Å². The fourth-order valence-corrected chi connectivity index (χ4v) is 3.65. The molecule has 0 saturated carbocycles. The number of aryl methyl sites for hydroxylation is 2. The van der Waals surface area contributed by atoms with Crippen LogP contribution in [-0.2, 0) is 25.9 Å². The molecule has 0 aliphatic heterocycles. The number of hydrogen-bond donors (Lipinski definition) is 0. The van der Waals surface area contributed by atoms with Crippen molar-refractivity contribution in [2.45, 2.75) is 39.8 Å². The van der Waals surface area contributed by atoms with Crippen LogP contribution in [0.3, 0.4) is 0 Å². The van der Waals surface area contributed by atoms with E-state index < -0.39 is 0 Å². The first-order valence-electron chi connectivity index (χ1n) is 7.10. The lowest BCUT2D eigenvalue weighted by atomic mass is 10.2. The van der Waals surface area contributed by atoms with E-state index in [0.29, 0.717) is 0 Å². The molecule has 0 fully saturated rings. The number of thiophene rings is 1. The fourth-order valence-electron chi connectivity index (χ4n) is 2.26. The molecule has 5 heteroatoms. The maximum absolute atomic E-state index is 4.65. The minimum absolute atomic E-state index is 0.923. The summed E-state index contributed by atoms with van der Waals surface area (Å²) >= 11 is 5.55. The first-order valence-corrected chi connectivity index (χ1v) is 8.77. The zero-order valence-electron chi connectivity index (χ0n) is 12.4. The Bertz CT molecular complexity index is 534. The van der Waals surface area contributed by atoms with Crippen LogP contribution in [0.25, 0.3) is 0 Å². The van der Waals surface area contributed by atoms with Crippen molar-refractivity contribution in [2.75, 3.05) is 13.6 Å². The van der Waals surface area contributed by atoms with Gasteiger partial charge in [0, 0.05) is 24.5 Å². The second-order valence-corrected chi connectivity index (χ2v) is 6.77. The highest BCUT2D eigenvalue weighted by molar-refractivity contribution is 9.10. The summed E-state index contributed by atoms with van der Waals surface area (Å²) < 4.78 is 3.30. The summed E-state index contributed by atoms with van der Waals surface area (Å²) in [5.41, 5.74) is 2.45. The van der Waals surface area contributed by atoms with Gasteiger partial charge in [0.05, 0.1) is 15.9 Å². The zero-order chi connectivity index (χ0) is 14.5. The van der Waals surface area contributed by atoms with Crippen LogP contribution >= 0.6 is 27.3 Å². The Labute approximate surface area is 133 Å². The third-order valence-electron chi connectivity index (χ3n) is 3.43. The van der Waals surface area contributed by atoms with Crippen LogP contribution in [0.15, 0.2) is 22.0 Å². The van der Waals surface area contributed by atoms with Crippen LogP contribution in [0.4, 0.5) is 0 Å². The molecule has 3 nitrogen and oxygen atoms in total. The lowest BCUT2D eigenvalue weighted by Gasteiger charge is -2.17. The van der Waals surface area contributed by atoms with Gasteiger partial charge in [-0.25, -0.2) is 0 Å². The molecule has 2 heterocycles. The van der Waals surface area contributed by atoms with Gasteiger partial charge in [0.2, 0.25) is 0 Å². The van der Waals surface area contributed by atoms with Gasteiger partial charge in [0.15, 0.2) is 0 Å². The van der Waals surface area contributed by atoms with E-state index in [0.717, 1.165) is 38.2 Å². The molecule has 0 saturated heterocycles. The predicted molar refractivity (Wildman–Crippen MR) is 89.3 cm³/mol. The molecule has 0 aliphatic rings. The van der Waals surface area contributed by atoms with Crippen LogP contribution in [0.2, 0.25) is 0 Å². The van der Waals surface area contributed by atoms with Crippen molar-refractivity contribution in [3.63, 3.8) is 0 Å². The van der Waals surface area contributed by atoms with Crippen LogP contribution in [0.5, 0.6) is 0 Å². The summed E-state index contributed by atoms with van der Waals surface area (Å²) in [6.45, 7) is 7.23. The molecule has 0 aliphatic carbocycles. The van der Waals surface area contributed by atoms with Crippen molar-refractivity contribution >= 4 is 27.3 Å². The van der Waals surface area contributed by atoms with Gasteiger partial charge in [-0.15, -0.1) is 11.3 Å². The summed E-state index contributed by atoms with van der Waals surface area (Å²) in [7, 11) is 2.18. The van der Waals surface area contributed by atoms with Crippen LogP contribution < -0.4 is 0 Å². The molecule has 2 aromatic rings. The van der Waals surface area contributed by atoms with Gasteiger partial charge in [-0.05, 0) is 54.2 Å². The van der Waals surface area contributed by atoms with E-state index in [4.69, 9.17) is 0 Å². The Morgan fingerprint density at radius 1 is 1.40 bits per heavy atom. The fraction of sp³-hybridized carbons (Fsp3) is 0.533. The van der Waals surface area contributed by atoms with Gasteiger partial charge in [-0.3, -0.25) is 4.68 Å². The van der Waals surface area contributed by atoms with Gasteiger partial charge in [0.25, 0.3) is 0 Å². The molecule has 0 atom stereocenters. The van der Waals surface area contributed by atoms with Crippen molar-refractivity contribution < 1.29 is 0 Å². The van der Waals surface area contributed by atoms with E-state index >= 15 is 0 Å². The summed E-state index contributed by atoms with van der Waals surface area (Å²) in [6.07, 6.45) is 2.09. The average molecular weight is 356 g/mol. The monoisotopic (exact) mass is 355 g/mol. The van der Waals surface area contributed by atoms with E-state index in [2.05, 4.69) is 69.0 Å². The van der Waals surface area contributed by atoms with Crippen LogP contribution in [-0.4, -0.2) is 28.3 Å². The number of aromatic nitrogens is 2. The van der Waals surface area contributed by atoms with Gasteiger partial charge < -0.3 is 4.90 Å². The second-order valence-electron chi connectivity index (χ2n) is 4.94. The molecule has 0 spiro atoms. The first kappa shape index (κ1) is 15.7. The third kappa shape index (κ3) is 3.71. The molecular weight excluding hydrogens is 334 g/mol. The van der Waals surface area contributed by atoms with E-state index in [1.807, 2.05) is 11.3 Å².